The normalized spacial score (nSPS) is 10.4. The molecule has 132 valence electrons. The van der Waals surface area contributed by atoms with Gasteiger partial charge in [-0.25, -0.2) is 9.78 Å². The van der Waals surface area contributed by atoms with Gasteiger partial charge in [-0.15, -0.1) is 0 Å². The van der Waals surface area contributed by atoms with Crippen LogP contribution in [-0.4, -0.2) is 30.6 Å². The minimum absolute atomic E-state index is 0.177. The van der Waals surface area contributed by atoms with Gasteiger partial charge in [0.1, 0.15) is 10.9 Å². The summed E-state index contributed by atoms with van der Waals surface area (Å²) in [6, 6.07) is 15.4. The number of nitrogens with one attached hydrogen (secondary N) is 1. The number of carbonyl (C=O) groups is 2. The zero-order chi connectivity index (χ0) is 18.5. The van der Waals surface area contributed by atoms with Crippen molar-refractivity contribution in [2.24, 2.45) is 0 Å². The summed E-state index contributed by atoms with van der Waals surface area (Å²) in [6.45, 7) is -0.426. The van der Waals surface area contributed by atoms with Crippen LogP contribution in [-0.2, 0) is 9.53 Å². The summed E-state index contributed by atoms with van der Waals surface area (Å²) in [5.41, 5.74) is 1.38. The molecule has 6 nitrogen and oxygen atoms in total. The topological polar surface area (TPSA) is 77.5 Å². The van der Waals surface area contributed by atoms with Gasteiger partial charge in [-0.3, -0.25) is 4.79 Å². The Morgan fingerprint density at radius 1 is 1.12 bits per heavy atom. The van der Waals surface area contributed by atoms with E-state index in [4.69, 9.17) is 21.1 Å². The molecule has 3 aromatic rings. The number of aromatic nitrogens is 1. The number of methoxy groups -OCH3 is 1. The van der Waals surface area contributed by atoms with Crippen LogP contribution in [0.25, 0.3) is 10.9 Å². The number of anilines is 1. The smallest absolute Gasteiger partial charge is 0.339 e. The largest absolute Gasteiger partial charge is 0.497 e. The first-order valence-corrected chi connectivity index (χ1v) is 8.11. The SMILES string of the molecule is COc1cccc(NC(=O)COC(=O)c2cc(Cl)nc3ccccc23)c1. The summed E-state index contributed by atoms with van der Waals surface area (Å²) in [5.74, 6) is -0.500. The van der Waals surface area contributed by atoms with E-state index in [9.17, 15) is 9.59 Å². The predicted octanol–water partition coefficient (Wildman–Crippen LogP) is 3.69. The van der Waals surface area contributed by atoms with Crippen LogP contribution in [0.5, 0.6) is 5.75 Å². The Hall–Kier alpha value is -3.12. The molecule has 0 radical (unpaired) electrons. The van der Waals surface area contributed by atoms with Gasteiger partial charge in [0.2, 0.25) is 0 Å². The van der Waals surface area contributed by atoms with E-state index in [0.29, 0.717) is 22.3 Å². The molecule has 0 spiro atoms. The number of para-hydroxylation sites is 1. The molecule has 0 aliphatic rings. The van der Waals surface area contributed by atoms with E-state index in [1.54, 1.807) is 48.5 Å². The van der Waals surface area contributed by atoms with Crippen LogP contribution in [0, 0.1) is 0 Å². The Balaban J connectivity index is 1.68. The van der Waals surface area contributed by atoms with Crippen molar-refractivity contribution in [2.75, 3.05) is 19.0 Å². The number of hydrogen-bond acceptors (Lipinski definition) is 5. The lowest BCUT2D eigenvalue weighted by atomic mass is 10.1. The molecule has 0 aliphatic carbocycles. The Morgan fingerprint density at radius 2 is 1.92 bits per heavy atom. The number of amides is 1. The molecule has 3 rings (SSSR count). The number of esters is 1. The molecule has 26 heavy (non-hydrogen) atoms. The number of halogens is 1. The lowest BCUT2D eigenvalue weighted by Gasteiger charge is -2.09. The minimum Gasteiger partial charge on any atom is -0.497 e. The first-order chi connectivity index (χ1) is 12.6. The molecule has 0 bridgehead atoms. The summed E-state index contributed by atoms with van der Waals surface area (Å²) in [5, 5.41) is 3.42. The van der Waals surface area contributed by atoms with E-state index >= 15 is 0 Å². The molecule has 2 aromatic carbocycles. The highest BCUT2D eigenvalue weighted by atomic mass is 35.5. The highest BCUT2D eigenvalue weighted by Crippen LogP contribution is 2.21. The van der Waals surface area contributed by atoms with Crippen molar-refractivity contribution in [1.82, 2.24) is 4.98 Å². The maximum absolute atomic E-state index is 12.4. The van der Waals surface area contributed by atoms with E-state index in [1.165, 1.54) is 13.2 Å². The monoisotopic (exact) mass is 370 g/mol. The molecular formula is C19H15ClN2O4. The van der Waals surface area contributed by atoms with Gasteiger partial charge in [-0.2, -0.15) is 0 Å². The average Bonchev–Trinajstić information content (AvgIpc) is 2.65. The second-order valence-electron chi connectivity index (χ2n) is 5.37. The molecular weight excluding hydrogens is 356 g/mol. The van der Waals surface area contributed by atoms with Crippen molar-refractivity contribution >= 4 is 40.1 Å². The molecule has 0 saturated carbocycles. The molecule has 1 amide bonds. The lowest BCUT2D eigenvalue weighted by molar-refractivity contribution is -0.119. The third kappa shape index (κ3) is 4.10. The van der Waals surface area contributed by atoms with Gasteiger partial charge in [0.25, 0.3) is 5.91 Å². The number of benzene rings is 2. The summed E-state index contributed by atoms with van der Waals surface area (Å²) in [6.07, 6.45) is 0. The van der Waals surface area contributed by atoms with E-state index in [0.717, 1.165) is 0 Å². The number of hydrogen-bond donors (Lipinski definition) is 1. The molecule has 1 heterocycles. The van der Waals surface area contributed by atoms with E-state index in [1.807, 2.05) is 0 Å². The van der Waals surface area contributed by atoms with Crippen molar-refractivity contribution in [3.63, 3.8) is 0 Å². The van der Waals surface area contributed by atoms with Crippen LogP contribution in [0.2, 0.25) is 5.15 Å². The zero-order valence-electron chi connectivity index (χ0n) is 13.9. The van der Waals surface area contributed by atoms with Crippen LogP contribution in [0.15, 0.2) is 54.6 Å². The number of carbonyl (C=O) groups excluding carboxylic acids is 2. The minimum atomic E-state index is -0.647. The molecule has 0 unspecified atom stereocenters. The number of pyridine rings is 1. The Bertz CT molecular complexity index is 975. The van der Waals surface area contributed by atoms with Crippen LogP contribution in [0.1, 0.15) is 10.4 Å². The van der Waals surface area contributed by atoms with Gasteiger partial charge >= 0.3 is 5.97 Å². The second kappa shape index (κ2) is 7.84. The predicted molar refractivity (Wildman–Crippen MR) is 98.7 cm³/mol. The third-order valence-electron chi connectivity index (χ3n) is 3.59. The number of ether oxygens (including phenoxy) is 2. The van der Waals surface area contributed by atoms with Crippen molar-refractivity contribution < 1.29 is 19.1 Å². The summed E-state index contributed by atoms with van der Waals surface area (Å²) >= 11 is 5.96. The van der Waals surface area contributed by atoms with E-state index < -0.39 is 18.5 Å². The lowest BCUT2D eigenvalue weighted by Crippen LogP contribution is -2.21. The quantitative estimate of drug-likeness (QED) is 0.547. The van der Waals surface area contributed by atoms with Gasteiger partial charge in [0.05, 0.1) is 18.2 Å². The van der Waals surface area contributed by atoms with E-state index in [-0.39, 0.29) is 10.7 Å². The maximum Gasteiger partial charge on any atom is 0.339 e. The Kier molecular flexibility index (Phi) is 5.34. The molecule has 1 N–H and O–H groups in total. The molecule has 0 atom stereocenters. The van der Waals surface area contributed by atoms with Crippen LogP contribution < -0.4 is 10.1 Å². The first-order valence-electron chi connectivity index (χ1n) is 7.73. The van der Waals surface area contributed by atoms with Crippen molar-refractivity contribution in [3.8, 4) is 5.75 Å². The van der Waals surface area contributed by atoms with Gasteiger partial charge in [-0.05, 0) is 24.3 Å². The van der Waals surface area contributed by atoms with Crippen LogP contribution >= 0.6 is 11.6 Å². The molecule has 0 aliphatic heterocycles. The molecule has 7 heteroatoms. The number of fused-ring (bicyclic) bond motifs is 1. The standard InChI is InChI=1S/C19H15ClN2O4/c1-25-13-6-4-5-12(9-13)21-18(23)11-26-19(24)15-10-17(20)22-16-8-3-2-7-14(15)16/h2-10H,11H2,1H3,(H,21,23). The molecule has 0 saturated heterocycles. The molecule has 0 fully saturated rings. The van der Waals surface area contributed by atoms with Gasteiger partial charge in [0.15, 0.2) is 6.61 Å². The average molecular weight is 371 g/mol. The van der Waals surface area contributed by atoms with Gasteiger partial charge in [0, 0.05) is 17.1 Å². The summed E-state index contributed by atoms with van der Waals surface area (Å²) in [4.78, 5) is 28.5. The fourth-order valence-electron chi connectivity index (χ4n) is 2.42. The first kappa shape index (κ1) is 17.7. The fraction of sp³-hybridized carbons (Fsp3) is 0.105. The van der Waals surface area contributed by atoms with Crippen molar-refractivity contribution in [2.45, 2.75) is 0 Å². The van der Waals surface area contributed by atoms with Crippen LogP contribution in [0.4, 0.5) is 5.69 Å². The van der Waals surface area contributed by atoms with E-state index in [2.05, 4.69) is 10.3 Å². The summed E-state index contributed by atoms with van der Waals surface area (Å²) in [7, 11) is 1.53. The van der Waals surface area contributed by atoms with Crippen molar-refractivity contribution in [3.05, 3.63) is 65.3 Å². The Morgan fingerprint density at radius 3 is 2.73 bits per heavy atom. The molecule has 1 aromatic heterocycles. The number of nitrogens with zero attached hydrogens (tertiary/aromatic N) is 1. The number of rotatable bonds is 5. The third-order valence-corrected chi connectivity index (χ3v) is 3.79. The van der Waals surface area contributed by atoms with Crippen LogP contribution in [0.3, 0.4) is 0 Å². The highest BCUT2D eigenvalue weighted by molar-refractivity contribution is 6.30. The zero-order valence-corrected chi connectivity index (χ0v) is 14.6. The van der Waals surface area contributed by atoms with Crippen molar-refractivity contribution in [1.29, 1.82) is 0 Å². The second-order valence-corrected chi connectivity index (χ2v) is 5.75. The Labute approximate surface area is 154 Å². The maximum atomic E-state index is 12.4. The van der Waals surface area contributed by atoms with Gasteiger partial charge < -0.3 is 14.8 Å². The fourth-order valence-corrected chi connectivity index (χ4v) is 2.62. The van der Waals surface area contributed by atoms with Gasteiger partial charge in [-0.1, -0.05) is 35.9 Å². The summed E-state index contributed by atoms with van der Waals surface area (Å²) < 4.78 is 10.2. The highest BCUT2D eigenvalue weighted by Gasteiger charge is 2.15.